The summed E-state index contributed by atoms with van der Waals surface area (Å²) >= 11 is 12.6. The van der Waals surface area contributed by atoms with Crippen LogP contribution in [0.25, 0.3) is 0 Å². The monoisotopic (exact) mass is 582 g/mol. The van der Waals surface area contributed by atoms with Crippen molar-refractivity contribution in [3.63, 3.8) is 0 Å². The number of hydrogen-bond donors (Lipinski definition) is 4. The molecule has 0 aliphatic carbocycles. The highest BCUT2D eigenvalue weighted by atomic mass is 35.5. The lowest BCUT2D eigenvalue weighted by atomic mass is 9.62. The summed E-state index contributed by atoms with van der Waals surface area (Å²) in [5, 5.41) is 9.92. The molecule has 5 N–H and O–H groups in total. The molecule has 3 aromatic carbocycles. The maximum Gasteiger partial charge on any atom is 0.248 e. The van der Waals surface area contributed by atoms with Crippen LogP contribution in [0.1, 0.15) is 54.6 Å². The molecule has 0 saturated carbocycles. The van der Waals surface area contributed by atoms with Crippen LogP contribution >= 0.6 is 23.2 Å². The first kappa shape index (κ1) is 28.1. The number of nitrogens with two attached hydrogens (primary N) is 1. The highest BCUT2D eigenvalue weighted by Crippen LogP contribution is 2.57. The largest absolute Gasteiger partial charge is 0.366 e. The second kappa shape index (κ2) is 10.2. The van der Waals surface area contributed by atoms with Crippen LogP contribution in [0.2, 0.25) is 10.0 Å². The molecule has 1 unspecified atom stereocenters. The van der Waals surface area contributed by atoms with E-state index in [4.69, 9.17) is 28.9 Å². The van der Waals surface area contributed by atoms with E-state index in [2.05, 4.69) is 36.7 Å². The second-order valence-corrected chi connectivity index (χ2v) is 12.5. The Morgan fingerprint density at radius 3 is 2.35 bits per heavy atom. The molecular weight excluding hydrogens is 554 g/mol. The number of carbonyl (C=O) groups is 3. The normalized spacial score (nSPS) is 23.6. The third-order valence-corrected chi connectivity index (χ3v) is 8.04. The van der Waals surface area contributed by atoms with Crippen molar-refractivity contribution in [3.8, 4) is 0 Å². The minimum Gasteiger partial charge on any atom is -0.366 e. The highest BCUT2D eigenvalue weighted by molar-refractivity contribution is 6.31. The standard InChI is InChI=1S/C30H29Cl2FN4O3/c1-29(2,3)14-23-30(21-9-6-17(31)13-22(21)36-28(30)40)24(16-10-18(32)12-19(33)11-16)25(37-23)27(39)35-20-7-4-15(5-8-20)26(34)38/h4-13,23-25,37H,14H2,1-3H3,(H2,34,38)(H,35,39)(H,36,40)/t23-,24-,25+,30?/m0/s1. The molecule has 1 fully saturated rings. The van der Waals surface area contributed by atoms with Crippen LogP contribution in [0, 0.1) is 11.2 Å². The Morgan fingerprint density at radius 1 is 1.02 bits per heavy atom. The zero-order valence-electron chi connectivity index (χ0n) is 22.1. The number of primary amides is 1. The molecule has 10 heteroatoms. The lowest BCUT2D eigenvalue weighted by Gasteiger charge is -2.37. The van der Waals surface area contributed by atoms with Gasteiger partial charge in [-0.3, -0.25) is 14.4 Å². The van der Waals surface area contributed by atoms with Gasteiger partial charge in [-0.05, 0) is 77.6 Å². The van der Waals surface area contributed by atoms with Crippen LogP contribution in [0.5, 0.6) is 0 Å². The van der Waals surface area contributed by atoms with Gasteiger partial charge in [0.15, 0.2) is 0 Å². The fourth-order valence-electron chi connectivity index (χ4n) is 6.11. The molecule has 3 aromatic rings. The summed E-state index contributed by atoms with van der Waals surface area (Å²) < 4.78 is 14.8. The summed E-state index contributed by atoms with van der Waals surface area (Å²) in [6.45, 7) is 6.17. The molecule has 40 heavy (non-hydrogen) atoms. The zero-order valence-corrected chi connectivity index (χ0v) is 23.7. The molecule has 0 bridgehead atoms. The molecule has 4 atom stereocenters. The van der Waals surface area contributed by atoms with Crippen LogP contribution in [-0.4, -0.2) is 29.8 Å². The third-order valence-electron chi connectivity index (χ3n) is 7.59. The van der Waals surface area contributed by atoms with Crippen LogP contribution in [-0.2, 0) is 15.0 Å². The summed E-state index contributed by atoms with van der Waals surface area (Å²) in [5.41, 5.74) is 6.20. The number of fused-ring (bicyclic) bond motifs is 2. The summed E-state index contributed by atoms with van der Waals surface area (Å²) in [6, 6.07) is 14.0. The first-order valence-corrected chi connectivity index (χ1v) is 13.6. The van der Waals surface area contributed by atoms with Gasteiger partial charge in [-0.1, -0.05) is 50.0 Å². The zero-order chi connectivity index (χ0) is 29.0. The van der Waals surface area contributed by atoms with E-state index < -0.39 is 41.0 Å². The van der Waals surface area contributed by atoms with E-state index in [1.807, 2.05) is 0 Å². The summed E-state index contributed by atoms with van der Waals surface area (Å²) in [6.07, 6.45) is 0.527. The number of anilines is 2. The molecule has 0 radical (unpaired) electrons. The Bertz CT molecular complexity index is 1500. The number of halogens is 3. The van der Waals surface area contributed by atoms with Crippen molar-refractivity contribution < 1.29 is 18.8 Å². The number of rotatable bonds is 5. The van der Waals surface area contributed by atoms with E-state index in [1.54, 1.807) is 36.4 Å². The van der Waals surface area contributed by atoms with Gasteiger partial charge in [0.25, 0.3) is 0 Å². The van der Waals surface area contributed by atoms with Crippen molar-refractivity contribution in [3.05, 3.63) is 93.2 Å². The number of carbonyl (C=O) groups excluding carboxylic acids is 3. The summed E-state index contributed by atoms with van der Waals surface area (Å²) in [4.78, 5) is 39.6. The fraction of sp³-hybridized carbons (Fsp3) is 0.300. The minimum atomic E-state index is -1.28. The maximum atomic E-state index is 14.8. The number of nitrogens with one attached hydrogen (secondary N) is 3. The van der Waals surface area contributed by atoms with E-state index in [0.717, 1.165) is 0 Å². The van der Waals surface area contributed by atoms with Gasteiger partial charge in [0.1, 0.15) is 11.2 Å². The Balaban J connectivity index is 1.68. The van der Waals surface area contributed by atoms with E-state index in [9.17, 15) is 18.8 Å². The SMILES string of the molecule is CC(C)(C)C[C@@H]1N[C@@H](C(=O)Nc2ccc(C(N)=O)cc2)[C@H](c2cc(F)cc(Cl)c2)C12C(=O)Nc1cc(Cl)ccc12. The van der Waals surface area contributed by atoms with Gasteiger partial charge < -0.3 is 21.7 Å². The minimum absolute atomic E-state index is 0.153. The van der Waals surface area contributed by atoms with Gasteiger partial charge in [-0.25, -0.2) is 4.39 Å². The van der Waals surface area contributed by atoms with Crippen molar-refractivity contribution in [1.82, 2.24) is 5.32 Å². The van der Waals surface area contributed by atoms with Crippen molar-refractivity contribution >= 4 is 52.3 Å². The quantitative estimate of drug-likeness (QED) is 0.312. The molecule has 7 nitrogen and oxygen atoms in total. The number of benzene rings is 3. The molecule has 3 amide bonds. The number of amides is 3. The third kappa shape index (κ3) is 4.96. The van der Waals surface area contributed by atoms with Gasteiger partial charge in [-0.2, -0.15) is 0 Å². The average molecular weight is 583 g/mol. The second-order valence-electron chi connectivity index (χ2n) is 11.6. The lowest BCUT2D eigenvalue weighted by Crippen LogP contribution is -2.49. The molecule has 1 saturated heterocycles. The molecule has 1 spiro atoms. The molecule has 2 heterocycles. The van der Waals surface area contributed by atoms with Crippen molar-refractivity contribution in [1.29, 1.82) is 0 Å². The van der Waals surface area contributed by atoms with Gasteiger partial charge in [0.05, 0.1) is 6.04 Å². The van der Waals surface area contributed by atoms with Crippen LogP contribution in [0.15, 0.2) is 60.7 Å². The van der Waals surface area contributed by atoms with Crippen LogP contribution < -0.4 is 21.7 Å². The molecule has 0 aromatic heterocycles. The smallest absolute Gasteiger partial charge is 0.248 e. The predicted octanol–water partition coefficient (Wildman–Crippen LogP) is 5.62. The molecule has 208 valence electrons. The summed E-state index contributed by atoms with van der Waals surface area (Å²) in [5.74, 6) is -2.73. The Kier molecular flexibility index (Phi) is 7.15. The van der Waals surface area contributed by atoms with E-state index in [0.29, 0.717) is 39.5 Å². The van der Waals surface area contributed by atoms with E-state index >= 15 is 0 Å². The van der Waals surface area contributed by atoms with Crippen molar-refractivity contribution in [2.75, 3.05) is 10.6 Å². The van der Waals surface area contributed by atoms with Crippen molar-refractivity contribution in [2.45, 2.75) is 50.6 Å². The maximum absolute atomic E-state index is 14.8. The molecule has 2 aliphatic heterocycles. The average Bonchev–Trinajstić information content (AvgIpc) is 3.32. The Labute approximate surface area is 241 Å². The molecule has 5 rings (SSSR count). The molecular formula is C30H29Cl2FN4O3. The summed E-state index contributed by atoms with van der Waals surface area (Å²) in [7, 11) is 0. The van der Waals surface area contributed by atoms with Gasteiger partial charge in [0, 0.05) is 38.9 Å². The topological polar surface area (TPSA) is 113 Å². The highest BCUT2D eigenvalue weighted by Gasteiger charge is 2.65. The first-order valence-electron chi connectivity index (χ1n) is 12.8. The Hall–Kier alpha value is -3.46. The molecule has 2 aliphatic rings. The van der Waals surface area contributed by atoms with E-state index in [1.165, 1.54) is 24.3 Å². The van der Waals surface area contributed by atoms with Gasteiger partial charge in [-0.15, -0.1) is 0 Å². The van der Waals surface area contributed by atoms with E-state index in [-0.39, 0.29) is 16.3 Å². The fourth-order valence-corrected chi connectivity index (χ4v) is 6.52. The lowest BCUT2D eigenvalue weighted by molar-refractivity contribution is -0.122. The number of hydrogen-bond acceptors (Lipinski definition) is 4. The van der Waals surface area contributed by atoms with Gasteiger partial charge in [0.2, 0.25) is 17.7 Å². The van der Waals surface area contributed by atoms with Crippen molar-refractivity contribution in [2.24, 2.45) is 11.1 Å². The Morgan fingerprint density at radius 2 is 1.73 bits per heavy atom. The van der Waals surface area contributed by atoms with Gasteiger partial charge >= 0.3 is 0 Å². The first-order chi connectivity index (χ1) is 18.8. The predicted molar refractivity (Wildman–Crippen MR) is 154 cm³/mol. The van der Waals surface area contributed by atoms with Crippen LogP contribution in [0.3, 0.4) is 0 Å². The van der Waals surface area contributed by atoms with Crippen LogP contribution in [0.4, 0.5) is 15.8 Å².